The van der Waals surface area contributed by atoms with Crippen LogP contribution < -0.4 is 15.4 Å². The maximum Gasteiger partial charge on any atom is 0.270 e. The summed E-state index contributed by atoms with van der Waals surface area (Å²) in [4.78, 5) is 25.0. The Labute approximate surface area is 151 Å². The molecule has 0 aliphatic heterocycles. The number of benzene rings is 1. The summed E-state index contributed by atoms with van der Waals surface area (Å²) in [6.07, 6.45) is 3.40. The smallest absolute Gasteiger partial charge is 0.270 e. The van der Waals surface area contributed by atoms with Gasteiger partial charge in [0.1, 0.15) is 23.1 Å². The van der Waals surface area contributed by atoms with Gasteiger partial charge in [-0.15, -0.1) is 0 Å². The number of nitrogens with one attached hydrogen (secondary N) is 2. The molecule has 1 amide bonds. The Morgan fingerprint density at radius 1 is 1.15 bits per heavy atom. The predicted octanol–water partition coefficient (Wildman–Crippen LogP) is 2.86. The first-order valence-electron chi connectivity index (χ1n) is 8.08. The van der Waals surface area contributed by atoms with Crippen LogP contribution in [0.25, 0.3) is 0 Å². The van der Waals surface area contributed by atoms with Crippen molar-refractivity contribution in [3.63, 3.8) is 0 Å². The van der Waals surface area contributed by atoms with Gasteiger partial charge in [-0.2, -0.15) is 0 Å². The highest BCUT2D eigenvalue weighted by Gasteiger charge is 2.11. The third-order valence-electron chi connectivity index (χ3n) is 3.62. The van der Waals surface area contributed by atoms with Crippen molar-refractivity contribution in [2.24, 2.45) is 0 Å². The summed E-state index contributed by atoms with van der Waals surface area (Å²) in [5.74, 6) is 1.43. The molecule has 0 saturated heterocycles. The molecule has 0 fully saturated rings. The molecule has 0 radical (unpaired) electrons. The van der Waals surface area contributed by atoms with E-state index in [0.717, 1.165) is 11.3 Å². The molecule has 0 spiro atoms. The Balaban J connectivity index is 1.75. The molecule has 2 N–H and O–H groups in total. The van der Waals surface area contributed by atoms with E-state index >= 15 is 0 Å². The summed E-state index contributed by atoms with van der Waals surface area (Å²) in [5, 5.41) is 6.00. The Hall–Kier alpha value is -3.48. The summed E-state index contributed by atoms with van der Waals surface area (Å²) in [6, 6.07) is 12.8. The SMILES string of the molecule is COc1ccccc1Nc1cc(C(=O)NCc2cccnc2)nc(C)n1. The summed E-state index contributed by atoms with van der Waals surface area (Å²) in [7, 11) is 1.60. The van der Waals surface area contributed by atoms with Crippen molar-refractivity contribution in [2.45, 2.75) is 13.5 Å². The van der Waals surface area contributed by atoms with Gasteiger partial charge in [0.25, 0.3) is 5.91 Å². The standard InChI is InChI=1S/C19H19N5O2/c1-13-22-16(19(25)21-12-14-6-5-9-20-11-14)10-18(23-13)24-15-7-3-4-8-17(15)26-2/h3-11H,12H2,1-2H3,(H,21,25)(H,22,23,24). The Kier molecular flexibility index (Phi) is 5.38. The number of ether oxygens (including phenoxy) is 1. The highest BCUT2D eigenvalue weighted by Crippen LogP contribution is 2.26. The maximum atomic E-state index is 12.4. The van der Waals surface area contributed by atoms with Crippen LogP contribution in [-0.2, 0) is 6.54 Å². The van der Waals surface area contributed by atoms with Crippen LogP contribution >= 0.6 is 0 Å². The highest BCUT2D eigenvalue weighted by atomic mass is 16.5. The van der Waals surface area contributed by atoms with Gasteiger partial charge < -0.3 is 15.4 Å². The van der Waals surface area contributed by atoms with Crippen LogP contribution in [0.4, 0.5) is 11.5 Å². The number of hydrogen-bond donors (Lipinski definition) is 2. The Morgan fingerprint density at radius 3 is 2.77 bits per heavy atom. The lowest BCUT2D eigenvalue weighted by Gasteiger charge is -2.12. The van der Waals surface area contributed by atoms with Crippen LogP contribution in [0.5, 0.6) is 5.75 Å². The van der Waals surface area contributed by atoms with Crippen LogP contribution in [0.15, 0.2) is 54.9 Å². The molecule has 26 heavy (non-hydrogen) atoms. The number of anilines is 2. The maximum absolute atomic E-state index is 12.4. The van der Waals surface area contributed by atoms with E-state index in [1.165, 1.54) is 0 Å². The molecule has 0 saturated carbocycles. The monoisotopic (exact) mass is 349 g/mol. The molecular weight excluding hydrogens is 330 g/mol. The second kappa shape index (κ2) is 8.06. The number of rotatable bonds is 6. The minimum atomic E-state index is -0.276. The first-order valence-corrected chi connectivity index (χ1v) is 8.08. The molecule has 0 bridgehead atoms. The predicted molar refractivity (Wildman–Crippen MR) is 98.5 cm³/mol. The fourth-order valence-corrected chi connectivity index (χ4v) is 2.41. The number of methoxy groups -OCH3 is 1. The van der Waals surface area contributed by atoms with Gasteiger partial charge in [0.2, 0.25) is 0 Å². The van der Waals surface area contributed by atoms with E-state index in [-0.39, 0.29) is 5.91 Å². The number of amides is 1. The zero-order valence-electron chi connectivity index (χ0n) is 14.6. The summed E-state index contributed by atoms with van der Waals surface area (Å²) in [5.41, 5.74) is 1.97. The van der Waals surface area contributed by atoms with Crippen LogP contribution in [0.1, 0.15) is 21.9 Å². The molecule has 3 rings (SSSR count). The van der Waals surface area contributed by atoms with Crippen molar-refractivity contribution in [1.29, 1.82) is 0 Å². The lowest BCUT2D eigenvalue weighted by molar-refractivity contribution is 0.0945. The van der Waals surface area contributed by atoms with Crippen LogP contribution in [0.3, 0.4) is 0 Å². The topological polar surface area (TPSA) is 89.0 Å². The van der Waals surface area contributed by atoms with Crippen LogP contribution in [0.2, 0.25) is 0 Å². The number of nitrogens with zero attached hydrogens (tertiary/aromatic N) is 3. The number of para-hydroxylation sites is 2. The average molecular weight is 349 g/mol. The number of hydrogen-bond acceptors (Lipinski definition) is 6. The van der Waals surface area contributed by atoms with Gasteiger partial charge in [0.15, 0.2) is 0 Å². The fraction of sp³-hybridized carbons (Fsp3) is 0.158. The molecule has 2 heterocycles. The number of carbonyl (C=O) groups is 1. The molecule has 0 atom stereocenters. The van der Waals surface area contributed by atoms with Gasteiger partial charge >= 0.3 is 0 Å². The van der Waals surface area contributed by atoms with E-state index in [0.29, 0.717) is 29.6 Å². The molecule has 0 aliphatic rings. The van der Waals surface area contributed by atoms with E-state index in [1.54, 1.807) is 32.5 Å². The molecule has 0 aliphatic carbocycles. The molecule has 2 aromatic heterocycles. The van der Waals surface area contributed by atoms with E-state index in [2.05, 4.69) is 25.6 Å². The molecular formula is C19H19N5O2. The lowest BCUT2D eigenvalue weighted by Crippen LogP contribution is -2.24. The minimum absolute atomic E-state index is 0.276. The zero-order valence-corrected chi connectivity index (χ0v) is 14.6. The van der Waals surface area contributed by atoms with Crippen molar-refractivity contribution < 1.29 is 9.53 Å². The number of aromatic nitrogens is 3. The number of pyridine rings is 1. The van der Waals surface area contributed by atoms with Gasteiger partial charge in [-0.05, 0) is 30.7 Å². The first-order chi connectivity index (χ1) is 12.7. The van der Waals surface area contributed by atoms with Crippen molar-refractivity contribution in [2.75, 3.05) is 12.4 Å². The fourth-order valence-electron chi connectivity index (χ4n) is 2.41. The third kappa shape index (κ3) is 4.32. The van der Waals surface area contributed by atoms with E-state index in [9.17, 15) is 4.79 Å². The van der Waals surface area contributed by atoms with Gasteiger partial charge in [0, 0.05) is 25.0 Å². The quantitative estimate of drug-likeness (QED) is 0.711. The third-order valence-corrected chi connectivity index (χ3v) is 3.62. The molecule has 7 nitrogen and oxygen atoms in total. The van der Waals surface area contributed by atoms with Crippen LogP contribution in [-0.4, -0.2) is 28.0 Å². The first kappa shape index (κ1) is 17.3. The van der Waals surface area contributed by atoms with Crippen molar-refractivity contribution >= 4 is 17.4 Å². The lowest BCUT2D eigenvalue weighted by atomic mass is 10.2. The van der Waals surface area contributed by atoms with Crippen molar-refractivity contribution in [3.05, 3.63) is 71.9 Å². The number of aryl methyl sites for hydroxylation is 1. The second-order valence-corrected chi connectivity index (χ2v) is 5.55. The number of carbonyl (C=O) groups excluding carboxylic acids is 1. The van der Waals surface area contributed by atoms with Gasteiger partial charge in [0.05, 0.1) is 12.8 Å². The molecule has 3 aromatic rings. The van der Waals surface area contributed by atoms with Crippen molar-refractivity contribution in [3.8, 4) is 5.75 Å². The Bertz CT molecular complexity index is 899. The van der Waals surface area contributed by atoms with E-state index in [1.807, 2.05) is 36.4 Å². The van der Waals surface area contributed by atoms with E-state index < -0.39 is 0 Å². The molecule has 0 unspecified atom stereocenters. The second-order valence-electron chi connectivity index (χ2n) is 5.55. The largest absolute Gasteiger partial charge is 0.495 e. The zero-order chi connectivity index (χ0) is 18.4. The average Bonchev–Trinajstić information content (AvgIpc) is 2.67. The molecule has 132 valence electrons. The summed E-state index contributed by atoms with van der Waals surface area (Å²) in [6.45, 7) is 2.12. The van der Waals surface area contributed by atoms with E-state index in [4.69, 9.17) is 4.74 Å². The molecule has 7 heteroatoms. The van der Waals surface area contributed by atoms with Gasteiger partial charge in [-0.1, -0.05) is 18.2 Å². The van der Waals surface area contributed by atoms with Crippen LogP contribution in [0, 0.1) is 6.92 Å². The molecule has 1 aromatic carbocycles. The van der Waals surface area contributed by atoms with Gasteiger partial charge in [-0.25, -0.2) is 9.97 Å². The van der Waals surface area contributed by atoms with Crippen molar-refractivity contribution in [1.82, 2.24) is 20.3 Å². The Morgan fingerprint density at radius 2 is 2.00 bits per heavy atom. The summed E-state index contributed by atoms with van der Waals surface area (Å²) >= 11 is 0. The summed E-state index contributed by atoms with van der Waals surface area (Å²) < 4.78 is 5.32. The van der Waals surface area contributed by atoms with Gasteiger partial charge in [-0.3, -0.25) is 9.78 Å². The highest BCUT2D eigenvalue weighted by molar-refractivity contribution is 5.93. The normalized spacial score (nSPS) is 10.2. The minimum Gasteiger partial charge on any atom is -0.495 e.